The van der Waals surface area contributed by atoms with E-state index in [1.807, 2.05) is 6.92 Å². The molecule has 1 N–H and O–H groups in total. The van der Waals surface area contributed by atoms with E-state index in [2.05, 4.69) is 12.2 Å². The van der Waals surface area contributed by atoms with E-state index >= 15 is 0 Å². The molecule has 0 spiro atoms. The molecule has 25 heavy (non-hydrogen) atoms. The Morgan fingerprint density at radius 1 is 1.28 bits per heavy atom. The number of benzene rings is 1. The van der Waals surface area contributed by atoms with E-state index < -0.39 is 10.0 Å². The van der Waals surface area contributed by atoms with Gasteiger partial charge < -0.3 is 10.1 Å². The highest BCUT2D eigenvalue weighted by Crippen LogP contribution is 2.30. The first-order valence-corrected chi connectivity index (χ1v) is 10.4. The van der Waals surface area contributed by atoms with E-state index in [1.54, 1.807) is 19.1 Å². The second-order valence-electron chi connectivity index (χ2n) is 6.37. The van der Waals surface area contributed by atoms with E-state index in [1.165, 1.54) is 10.4 Å². The molecule has 1 aromatic carbocycles. The van der Waals surface area contributed by atoms with Crippen molar-refractivity contribution in [1.82, 2.24) is 9.62 Å². The van der Waals surface area contributed by atoms with Crippen molar-refractivity contribution in [3.8, 4) is 5.75 Å². The van der Waals surface area contributed by atoms with Gasteiger partial charge in [0.1, 0.15) is 10.6 Å². The van der Waals surface area contributed by atoms with E-state index in [-0.39, 0.29) is 16.8 Å². The summed E-state index contributed by atoms with van der Waals surface area (Å²) in [5, 5.41) is 2.91. The molecule has 0 radical (unpaired) electrons. The van der Waals surface area contributed by atoms with Gasteiger partial charge in [-0.2, -0.15) is 4.31 Å². The van der Waals surface area contributed by atoms with Crippen molar-refractivity contribution in [3.05, 3.63) is 23.8 Å². The van der Waals surface area contributed by atoms with Crippen molar-refractivity contribution in [1.29, 1.82) is 0 Å². The Bertz CT molecular complexity index is 697. The molecule has 1 saturated heterocycles. The predicted molar refractivity (Wildman–Crippen MR) is 97.4 cm³/mol. The van der Waals surface area contributed by atoms with Crippen LogP contribution in [0.4, 0.5) is 0 Å². The minimum atomic E-state index is -3.66. The lowest BCUT2D eigenvalue weighted by molar-refractivity contribution is 0.0938. The van der Waals surface area contributed by atoms with E-state index in [0.717, 1.165) is 25.7 Å². The average molecular weight is 368 g/mol. The lowest BCUT2D eigenvalue weighted by atomic mass is 10.1. The first kappa shape index (κ1) is 19.7. The molecule has 2 rings (SSSR count). The third-order valence-electron chi connectivity index (χ3n) is 4.29. The molecule has 1 aliphatic rings. The van der Waals surface area contributed by atoms with Crippen LogP contribution in [0.1, 0.15) is 56.8 Å². The van der Waals surface area contributed by atoms with Gasteiger partial charge in [0, 0.05) is 24.7 Å². The molecule has 1 fully saturated rings. The number of hydrogen-bond donors (Lipinski definition) is 1. The summed E-state index contributed by atoms with van der Waals surface area (Å²) in [5.41, 5.74) is 0.337. The van der Waals surface area contributed by atoms with Gasteiger partial charge in [-0.1, -0.05) is 13.3 Å². The highest BCUT2D eigenvalue weighted by molar-refractivity contribution is 7.89. The lowest BCUT2D eigenvalue weighted by Crippen LogP contribution is -2.33. The van der Waals surface area contributed by atoms with Crippen LogP contribution in [0.2, 0.25) is 0 Å². The normalized spacial score (nSPS) is 16.6. The van der Waals surface area contributed by atoms with Crippen LogP contribution in [0, 0.1) is 0 Å². The summed E-state index contributed by atoms with van der Waals surface area (Å²) in [6, 6.07) is 4.67. The highest BCUT2D eigenvalue weighted by atomic mass is 32.2. The van der Waals surface area contributed by atoms with E-state index in [0.29, 0.717) is 31.0 Å². The van der Waals surface area contributed by atoms with Crippen LogP contribution in [0.15, 0.2) is 23.1 Å². The van der Waals surface area contributed by atoms with Crippen molar-refractivity contribution in [2.75, 3.05) is 19.7 Å². The molecule has 0 aliphatic carbocycles. The topological polar surface area (TPSA) is 75.7 Å². The SMILES string of the molecule is CCC[C@@H](C)NC(=O)c1ccc(OCC)c(S(=O)(=O)N2CCCC2)c1. The maximum Gasteiger partial charge on any atom is 0.251 e. The second-order valence-corrected chi connectivity index (χ2v) is 8.28. The molecule has 0 bridgehead atoms. The molecule has 7 heteroatoms. The van der Waals surface area contributed by atoms with Gasteiger partial charge in [0.05, 0.1) is 6.61 Å². The number of rotatable bonds is 8. The quantitative estimate of drug-likeness (QED) is 0.765. The van der Waals surface area contributed by atoms with Gasteiger partial charge in [0.2, 0.25) is 10.0 Å². The summed E-state index contributed by atoms with van der Waals surface area (Å²) >= 11 is 0. The zero-order valence-electron chi connectivity index (χ0n) is 15.2. The maximum absolute atomic E-state index is 12.9. The molecule has 1 aromatic rings. The lowest BCUT2D eigenvalue weighted by Gasteiger charge is -2.19. The number of sulfonamides is 1. The third-order valence-corrected chi connectivity index (χ3v) is 6.21. The zero-order valence-corrected chi connectivity index (χ0v) is 16.1. The van der Waals surface area contributed by atoms with Crippen molar-refractivity contribution >= 4 is 15.9 Å². The molecule has 1 heterocycles. The van der Waals surface area contributed by atoms with Gasteiger partial charge >= 0.3 is 0 Å². The molecule has 0 unspecified atom stereocenters. The van der Waals surface area contributed by atoms with Crippen LogP contribution in [0.3, 0.4) is 0 Å². The van der Waals surface area contributed by atoms with Gasteiger partial charge in [-0.25, -0.2) is 8.42 Å². The van der Waals surface area contributed by atoms with Crippen LogP contribution in [-0.2, 0) is 10.0 Å². The fourth-order valence-corrected chi connectivity index (χ4v) is 4.68. The number of amides is 1. The first-order chi connectivity index (χ1) is 11.9. The molecule has 1 aliphatic heterocycles. The Balaban J connectivity index is 2.34. The standard InChI is InChI=1S/C18H28N2O4S/c1-4-8-14(3)19-18(21)15-9-10-16(24-5-2)17(13-15)25(22,23)20-11-6-7-12-20/h9-10,13-14H,4-8,11-12H2,1-3H3,(H,19,21)/t14-/m1/s1. The maximum atomic E-state index is 12.9. The Kier molecular flexibility index (Phi) is 6.84. The molecular formula is C18H28N2O4S. The summed E-state index contributed by atoms with van der Waals surface area (Å²) in [6.07, 6.45) is 3.57. The van der Waals surface area contributed by atoms with E-state index in [4.69, 9.17) is 4.74 Å². The number of carbonyl (C=O) groups is 1. The summed E-state index contributed by atoms with van der Waals surface area (Å²) in [6.45, 7) is 7.19. The fraction of sp³-hybridized carbons (Fsp3) is 0.611. The molecule has 1 atom stereocenters. The van der Waals surface area contributed by atoms with Gasteiger partial charge in [-0.05, 0) is 51.3 Å². The van der Waals surface area contributed by atoms with Crippen LogP contribution in [-0.4, -0.2) is 44.4 Å². The molecule has 1 amide bonds. The Hall–Kier alpha value is -1.60. The summed E-state index contributed by atoms with van der Waals surface area (Å²) in [5.74, 6) is 0.0365. The Labute approximate surface area is 150 Å². The van der Waals surface area contributed by atoms with Crippen molar-refractivity contribution in [3.63, 3.8) is 0 Å². The molecule has 6 nitrogen and oxygen atoms in total. The molecule has 140 valence electrons. The zero-order chi connectivity index (χ0) is 18.4. The minimum absolute atomic E-state index is 0.0442. The molecule has 0 aromatic heterocycles. The Morgan fingerprint density at radius 2 is 1.96 bits per heavy atom. The van der Waals surface area contributed by atoms with Crippen molar-refractivity contribution < 1.29 is 17.9 Å². The van der Waals surface area contributed by atoms with Gasteiger partial charge in [0.15, 0.2) is 0 Å². The molecule has 0 saturated carbocycles. The Morgan fingerprint density at radius 3 is 2.56 bits per heavy atom. The largest absolute Gasteiger partial charge is 0.492 e. The summed E-state index contributed by atoms with van der Waals surface area (Å²) in [4.78, 5) is 12.5. The predicted octanol–water partition coefficient (Wildman–Crippen LogP) is 2.79. The number of carbonyl (C=O) groups excluding carboxylic acids is 1. The number of nitrogens with one attached hydrogen (secondary N) is 1. The number of ether oxygens (including phenoxy) is 1. The number of nitrogens with zero attached hydrogens (tertiary/aromatic N) is 1. The number of hydrogen-bond acceptors (Lipinski definition) is 4. The van der Waals surface area contributed by atoms with Crippen LogP contribution < -0.4 is 10.1 Å². The monoisotopic (exact) mass is 368 g/mol. The highest BCUT2D eigenvalue weighted by Gasteiger charge is 2.30. The molecular weight excluding hydrogens is 340 g/mol. The first-order valence-electron chi connectivity index (χ1n) is 8.98. The van der Waals surface area contributed by atoms with Gasteiger partial charge in [-0.15, -0.1) is 0 Å². The second kappa shape index (κ2) is 8.67. The van der Waals surface area contributed by atoms with Gasteiger partial charge in [-0.3, -0.25) is 4.79 Å². The van der Waals surface area contributed by atoms with Crippen LogP contribution in [0.25, 0.3) is 0 Å². The third kappa shape index (κ3) is 4.73. The van der Waals surface area contributed by atoms with Crippen molar-refractivity contribution in [2.24, 2.45) is 0 Å². The summed E-state index contributed by atoms with van der Waals surface area (Å²) < 4.78 is 32.9. The van der Waals surface area contributed by atoms with Crippen LogP contribution >= 0.6 is 0 Å². The van der Waals surface area contributed by atoms with Crippen molar-refractivity contribution in [2.45, 2.75) is 57.4 Å². The smallest absolute Gasteiger partial charge is 0.251 e. The van der Waals surface area contributed by atoms with Gasteiger partial charge in [0.25, 0.3) is 5.91 Å². The fourth-order valence-electron chi connectivity index (χ4n) is 3.01. The van der Waals surface area contributed by atoms with Crippen LogP contribution in [0.5, 0.6) is 5.75 Å². The summed E-state index contributed by atoms with van der Waals surface area (Å²) in [7, 11) is -3.66. The van der Waals surface area contributed by atoms with E-state index in [9.17, 15) is 13.2 Å². The minimum Gasteiger partial charge on any atom is -0.492 e. The average Bonchev–Trinajstić information content (AvgIpc) is 3.10.